The van der Waals surface area contributed by atoms with Crippen LogP contribution in [-0.4, -0.2) is 34.0 Å². The molecule has 0 unspecified atom stereocenters. The van der Waals surface area contributed by atoms with Crippen LogP contribution in [0, 0.1) is 0 Å². The van der Waals surface area contributed by atoms with Gasteiger partial charge in [-0.2, -0.15) is 0 Å². The van der Waals surface area contributed by atoms with E-state index in [0.29, 0.717) is 10.8 Å². The Morgan fingerprint density at radius 3 is 2.36 bits per heavy atom. The number of hydrogen-bond donors (Lipinski definition) is 3. The number of hydroxylamine groups is 1. The van der Waals surface area contributed by atoms with E-state index < -0.39 is 18.6 Å². The lowest BCUT2D eigenvalue weighted by Crippen LogP contribution is -2.41. The van der Waals surface area contributed by atoms with Gasteiger partial charge in [-0.05, 0) is 12.1 Å². The Balaban J connectivity index is 2.83. The van der Waals surface area contributed by atoms with Crippen LogP contribution in [0.1, 0.15) is 0 Å². The smallest absolute Gasteiger partial charge is 0.331 e. The van der Waals surface area contributed by atoms with E-state index in [1.54, 1.807) is 30.3 Å². The second-order valence-electron chi connectivity index (χ2n) is 2.72. The van der Waals surface area contributed by atoms with Crippen molar-refractivity contribution >= 4 is 11.7 Å². The molecule has 5 nitrogen and oxygen atoms in total. The molecule has 0 saturated carbocycles. The van der Waals surface area contributed by atoms with Crippen molar-refractivity contribution in [3.8, 4) is 0 Å². The maximum atomic E-state index is 10.6. The summed E-state index contributed by atoms with van der Waals surface area (Å²) in [6, 6.07) is 6.82. The van der Waals surface area contributed by atoms with E-state index in [9.17, 15) is 10.0 Å². The highest BCUT2D eigenvalue weighted by atomic mass is 16.5. The van der Waals surface area contributed by atoms with Crippen LogP contribution in [0.4, 0.5) is 5.69 Å². The summed E-state index contributed by atoms with van der Waals surface area (Å²) in [6.07, 6.45) is 0. The minimum absolute atomic E-state index is 0.328. The van der Waals surface area contributed by atoms with Crippen LogP contribution >= 0.6 is 0 Å². The molecule has 0 saturated heterocycles. The molecule has 0 radical (unpaired) electrons. The molecule has 0 aliphatic heterocycles. The molecule has 0 bridgehead atoms. The van der Waals surface area contributed by atoms with Crippen LogP contribution in [0.25, 0.3) is 0 Å². The van der Waals surface area contributed by atoms with E-state index in [1.807, 2.05) is 0 Å². The first-order valence-corrected chi connectivity index (χ1v) is 4.03. The molecule has 0 aliphatic carbocycles. The van der Waals surface area contributed by atoms with Crippen molar-refractivity contribution in [1.29, 1.82) is 0 Å². The molecule has 0 fully saturated rings. The third kappa shape index (κ3) is 2.21. The van der Waals surface area contributed by atoms with Crippen LogP contribution in [0.5, 0.6) is 0 Å². The number of aliphatic hydroxyl groups excluding tert-OH is 1. The predicted octanol–water partition coefficient (Wildman–Crippen LogP) is 0.328. The van der Waals surface area contributed by atoms with Gasteiger partial charge in [-0.25, -0.2) is 9.86 Å². The fourth-order valence-electron chi connectivity index (χ4n) is 1.02. The second kappa shape index (κ2) is 4.59. The Kier molecular flexibility index (Phi) is 3.44. The molecule has 0 spiro atoms. The van der Waals surface area contributed by atoms with Crippen molar-refractivity contribution in [3.63, 3.8) is 0 Å². The monoisotopic (exact) mass is 197 g/mol. The van der Waals surface area contributed by atoms with E-state index in [2.05, 4.69) is 0 Å². The topological polar surface area (TPSA) is 81.0 Å². The number of benzene rings is 1. The van der Waals surface area contributed by atoms with Gasteiger partial charge in [0.2, 0.25) is 0 Å². The van der Waals surface area contributed by atoms with E-state index in [0.717, 1.165) is 0 Å². The van der Waals surface area contributed by atoms with Crippen LogP contribution in [0.15, 0.2) is 30.3 Å². The molecule has 1 rings (SSSR count). The van der Waals surface area contributed by atoms with Crippen LogP contribution in [0.3, 0.4) is 0 Å². The molecular weight excluding hydrogens is 186 g/mol. The highest BCUT2D eigenvalue weighted by molar-refractivity contribution is 5.77. The summed E-state index contributed by atoms with van der Waals surface area (Å²) >= 11 is 0. The molecule has 0 heterocycles. The Bertz CT molecular complexity index is 301. The van der Waals surface area contributed by atoms with Gasteiger partial charge in [-0.1, -0.05) is 18.2 Å². The maximum absolute atomic E-state index is 10.6. The normalized spacial score (nSPS) is 12.1. The molecule has 1 atom stereocenters. The molecule has 1 aromatic carbocycles. The molecule has 14 heavy (non-hydrogen) atoms. The summed E-state index contributed by atoms with van der Waals surface area (Å²) < 4.78 is 0. The van der Waals surface area contributed by atoms with Crippen molar-refractivity contribution in [2.45, 2.75) is 6.04 Å². The van der Waals surface area contributed by atoms with E-state index in [4.69, 9.17) is 10.2 Å². The zero-order valence-electron chi connectivity index (χ0n) is 7.37. The Labute approximate surface area is 80.8 Å². The summed E-state index contributed by atoms with van der Waals surface area (Å²) in [5.41, 5.74) is 0.328. The fourth-order valence-corrected chi connectivity index (χ4v) is 1.02. The average Bonchev–Trinajstić information content (AvgIpc) is 2.19. The number of carboxylic acid groups (broad SMARTS) is 1. The first kappa shape index (κ1) is 10.5. The summed E-state index contributed by atoms with van der Waals surface area (Å²) in [7, 11) is 0. The number of nitrogens with zero attached hydrogens (tertiary/aromatic N) is 1. The number of aliphatic carboxylic acids is 1. The zero-order chi connectivity index (χ0) is 10.6. The number of carbonyl (C=O) groups is 1. The minimum Gasteiger partial charge on any atom is -0.480 e. The zero-order valence-corrected chi connectivity index (χ0v) is 7.37. The van der Waals surface area contributed by atoms with Gasteiger partial charge in [-0.15, -0.1) is 0 Å². The highest BCUT2D eigenvalue weighted by Gasteiger charge is 2.23. The van der Waals surface area contributed by atoms with Crippen LogP contribution < -0.4 is 5.06 Å². The molecule has 0 aromatic heterocycles. The van der Waals surface area contributed by atoms with Gasteiger partial charge in [0.15, 0.2) is 6.04 Å². The van der Waals surface area contributed by atoms with Crippen molar-refractivity contribution < 1.29 is 20.2 Å². The number of aliphatic hydroxyl groups is 1. The van der Waals surface area contributed by atoms with E-state index >= 15 is 0 Å². The number of anilines is 1. The summed E-state index contributed by atoms with van der Waals surface area (Å²) in [5, 5.41) is 27.4. The Morgan fingerprint density at radius 1 is 1.36 bits per heavy atom. The first-order valence-electron chi connectivity index (χ1n) is 4.03. The van der Waals surface area contributed by atoms with Crippen molar-refractivity contribution in [1.82, 2.24) is 0 Å². The first-order chi connectivity index (χ1) is 6.66. The number of hydrogen-bond acceptors (Lipinski definition) is 4. The maximum Gasteiger partial charge on any atom is 0.331 e. The SMILES string of the molecule is O=C(O)[C@H](CO)N(O)c1ccccc1. The largest absolute Gasteiger partial charge is 0.480 e. The van der Waals surface area contributed by atoms with Gasteiger partial charge >= 0.3 is 5.97 Å². The van der Waals surface area contributed by atoms with Gasteiger partial charge in [0.05, 0.1) is 12.3 Å². The summed E-state index contributed by atoms with van der Waals surface area (Å²) in [5.74, 6) is -1.28. The van der Waals surface area contributed by atoms with Crippen molar-refractivity contribution in [3.05, 3.63) is 30.3 Å². The average molecular weight is 197 g/mol. The lowest BCUT2D eigenvalue weighted by molar-refractivity contribution is -0.141. The molecule has 1 aromatic rings. The Morgan fingerprint density at radius 2 is 1.93 bits per heavy atom. The van der Waals surface area contributed by atoms with E-state index in [1.165, 1.54) is 0 Å². The Hall–Kier alpha value is -1.59. The highest BCUT2D eigenvalue weighted by Crippen LogP contribution is 2.13. The number of carboxylic acids is 1. The quantitative estimate of drug-likeness (QED) is 0.606. The lowest BCUT2D eigenvalue weighted by atomic mass is 10.2. The molecule has 0 aliphatic rings. The summed E-state index contributed by atoms with van der Waals surface area (Å²) in [6.45, 7) is -0.652. The molecule has 3 N–H and O–H groups in total. The minimum atomic E-state index is -1.34. The third-order valence-electron chi connectivity index (χ3n) is 1.77. The number of rotatable bonds is 4. The number of para-hydroxylation sites is 1. The molecule has 5 heteroatoms. The molecule has 0 amide bonds. The van der Waals surface area contributed by atoms with Gasteiger partial charge in [-0.3, -0.25) is 5.21 Å². The standard InChI is InChI=1S/C9H11NO4/c11-6-8(9(12)13)10(14)7-4-2-1-3-5-7/h1-5,8,11,14H,6H2,(H,12,13)/t8-/m0/s1. The third-order valence-corrected chi connectivity index (χ3v) is 1.77. The van der Waals surface area contributed by atoms with Crippen LogP contribution in [-0.2, 0) is 4.79 Å². The van der Waals surface area contributed by atoms with Gasteiger partial charge < -0.3 is 10.2 Å². The van der Waals surface area contributed by atoms with Crippen molar-refractivity contribution in [2.75, 3.05) is 11.7 Å². The predicted molar refractivity (Wildman–Crippen MR) is 49.2 cm³/mol. The molecule has 76 valence electrons. The second-order valence-corrected chi connectivity index (χ2v) is 2.72. The summed E-state index contributed by atoms with van der Waals surface area (Å²) in [4.78, 5) is 10.6. The van der Waals surface area contributed by atoms with Gasteiger partial charge in [0.25, 0.3) is 0 Å². The van der Waals surface area contributed by atoms with Crippen LogP contribution in [0.2, 0.25) is 0 Å². The van der Waals surface area contributed by atoms with Gasteiger partial charge in [0, 0.05) is 0 Å². The van der Waals surface area contributed by atoms with E-state index in [-0.39, 0.29) is 0 Å². The van der Waals surface area contributed by atoms with Crippen molar-refractivity contribution in [2.24, 2.45) is 0 Å². The fraction of sp³-hybridized carbons (Fsp3) is 0.222. The molecular formula is C9H11NO4. The lowest BCUT2D eigenvalue weighted by Gasteiger charge is -2.22. The van der Waals surface area contributed by atoms with Gasteiger partial charge in [0.1, 0.15) is 0 Å².